The van der Waals surface area contributed by atoms with Gasteiger partial charge in [-0.05, 0) is 42.0 Å². The van der Waals surface area contributed by atoms with E-state index in [1.54, 1.807) is 12.1 Å². The lowest BCUT2D eigenvalue weighted by atomic mass is 10.1. The van der Waals surface area contributed by atoms with Crippen LogP contribution < -0.4 is 11.1 Å². The molecular formula is C20H16BrFN2OS. The first-order valence-corrected chi connectivity index (χ1v) is 9.53. The molecule has 3 rings (SSSR count). The highest BCUT2D eigenvalue weighted by Gasteiger charge is 2.23. The van der Waals surface area contributed by atoms with E-state index in [0.717, 1.165) is 10.5 Å². The van der Waals surface area contributed by atoms with E-state index in [2.05, 4.69) is 21.2 Å². The number of amides is 1. The van der Waals surface area contributed by atoms with E-state index in [0.29, 0.717) is 10.2 Å². The number of benzene rings is 3. The number of thioether (sulfide) groups is 1. The normalized spacial score (nSPS) is 11.8. The zero-order valence-corrected chi connectivity index (χ0v) is 16.1. The van der Waals surface area contributed by atoms with E-state index in [4.69, 9.17) is 5.73 Å². The molecule has 3 aromatic carbocycles. The average Bonchev–Trinajstić information content (AvgIpc) is 2.63. The van der Waals surface area contributed by atoms with Crippen molar-refractivity contribution in [3.8, 4) is 0 Å². The molecule has 0 aromatic heterocycles. The summed E-state index contributed by atoms with van der Waals surface area (Å²) in [7, 11) is 0. The fourth-order valence-electron chi connectivity index (χ4n) is 2.41. The summed E-state index contributed by atoms with van der Waals surface area (Å²) in [4.78, 5) is 13.8. The molecule has 0 saturated heterocycles. The summed E-state index contributed by atoms with van der Waals surface area (Å²) in [5, 5.41) is 2.14. The number of halogens is 2. The third-order valence-electron chi connectivity index (χ3n) is 3.64. The Morgan fingerprint density at radius 3 is 2.50 bits per heavy atom. The van der Waals surface area contributed by atoms with Gasteiger partial charge in [0.1, 0.15) is 11.1 Å². The van der Waals surface area contributed by atoms with Gasteiger partial charge in [-0.2, -0.15) is 0 Å². The molecule has 6 heteroatoms. The zero-order chi connectivity index (χ0) is 18.5. The van der Waals surface area contributed by atoms with Crippen molar-refractivity contribution in [2.45, 2.75) is 10.1 Å². The van der Waals surface area contributed by atoms with Crippen molar-refractivity contribution in [1.29, 1.82) is 0 Å². The minimum absolute atomic E-state index is 0.146. The molecule has 3 N–H and O–H groups in total. The Kier molecular flexibility index (Phi) is 5.96. The van der Waals surface area contributed by atoms with Crippen molar-refractivity contribution >= 4 is 45.0 Å². The van der Waals surface area contributed by atoms with Crippen LogP contribution in [-0.4, -0.2) is 5.91 Å². The molecule has 3 nitrogen and oxygen atoms in total. The van der Waals surface area contributed by atoms with Gasteiger partial charge in [0.15, 0.2) is 0 Å². The van der Waals surface area contributed by atoms with E-state index in [-0.39, 0.29) is 11.6 Å². The van der Waals surface area contributed by atoms with Crippen LogP contribution in [0.25, 0.3) is 0 Å². The Balaban J connectivity index is 1.88. The Labute approximate surface area is 163 Å². The molecule has 0 saturated carbocycles. The summed E-state index contributed by atoms with van der Waals surface area (Å²) in [6.45, 7) is 0. The van der Waals surface area contributed by atoms with Gasteiger partial charge < -0.3 is 11.1 Å². The van der Waals surface area contributed by atoms with Gasteiger partial charge >= 0.3 is 0 Å². The second-order valence-corrected chi connectivity index (χ2v) is 7.69. The van der Waals surface area contributed by atoms with Crippen molar-refractivity contribution in [2.24, 2.45) is 0 Å². The van der Waals surface area contributed by atoms with Gasteiger partial charge in [-0.1, -0.05) is 52.3 Å². The van der Waals surface area contributed by atoms with Gasteiger partial charge in [0.25, 0.3) is 0 Å². The van der Waals surface area contributed by atoms with E-state index in [9.17, 15) is 9.18 Å². The number of carbonyl (C=O) groups is 1. The van der Waals surface area contributed by atoms with Gasteiger partial charge in [-0.25, -0.2) is 4.39 Å². The molecule has 1 unspecified atom stereocenters. The maximum absolute atomic E-state index is 14.1. The first kappa shape index (κ1) is 18.5. The molecule has 0 radical (unpaired) electrons. The fraction of sp³-hybridized carbons (Fsp3) is 0.0500. The quantitative estimate of drug-likeness (QED) is 0.406. The summed E-state index contributed by atoms with van der Waals surface area (Å²) in [5.41, 5.74) is 7.44. The number of nitrogen functional groups attached to an aromatic ring is 1. The maximum atomic E-state index is 14.1. The first-order chi connectivity index (χ1) is 12.5. The molecule has 132 valence electrons. The van der Waals surface area contributed by atoms with E-state index < -0.39 is 11.1 Å². The van der Waals surface area contributed by atoms with Crippen molar-refractivity contribution in [2.75, 3.05) is 11.1 Å². The second kappa shape index (κ2) is 8.38. The highest BCUT2D eigenvalue weighted by atomic mass is 79.9. The summed E-state index contributed by atoms with van der Waals surface area (Å²) < 4.78 is 14.7. The van der Waals surface area contributed by atoms with E-state index >= 15 is 0 Å². The third-order valence-corrected chi connectivity index (χ3v) is 5.38. The largest absolute Gasteiger partial charge is 0.399 e. The van der Waals surface area contributed by atoms with Crippen LogP contribution in [0.2, 0.25) is 0 Å². The molecular weight excluding hydrogens is 415 g/mol. The van der Waals surface area contributed by atoms with Crippen LogP contribution in [0.1, 0.15) is 10.8 Å². The SMILES string of the molecule is Nc1cccc(SC(C(=O)Nc2ccc(Br)cc2F)c2ccccc2)c1. The number of carbonyl (C=O) groups excluding carboxylic acids is 1. The molecule has 26 heavy (non-hydrogen) atoms. The van der Waals surface area contributed by atoms with Crippen molar-refractivity contribution in [3.05, 3.63) is 88.6 Å². The lowest BCUT2D eigenvalue weighted by Gasteiger charge is -2.17. The maximum Gasteiger partial charge on any atom is 0.242 e. The van der Waals surface area contributed by atoms with Crippen molar-refractivity contribution in [3.63, 3.8) is 0 Å². The number of nitrogens with two attached hydrogens (primary N) is 1. The van der Waals surface area contributed by atoms with Crippen LogP contribution >= 0.6 is 27.7 Å². The van der Waals surface area contributed by atoms with Crippen molar-refractivity contribution in [1.82, 2.24) is 0 Å². The molecule has 1 atom stereocenters. The Hall–Kier alpha value is -2.31. The Morgan fingerprint density at radius 1 is 1.04 bits per heavy atom. The number of rotatable bonds is 5. The molecule has 0 heterocycles. The predicted molar refractivity (Wildman–Crippen MR) is 109 cm³/mol. The minimum Gasteiger partial charge on any atom is -0.399 e. The van der Waals surface area contributed by atoms with Crippen LogP contribution in [-0.2, 0) is 4.79 Å². The van der Waals surface area contributed by atoms with Crippen LogP contribution in [0.3, 0.4) is 0 Å². The molecule has 0 aliphatic carbocycles. The highest BCUT2D eigenvalue weighted by molar-refractivity contribution is 9.10. The number of hydrogen-bond acceptors (Lipinski definition) is 3. The molecule has 0 aliphatic rings. The van der Waals surface area contributed by atoms with Crippen LogP contribution in [0.15, 0.2) is 82.2 Å². The molecule has 1 amide bonds. The average molecular weight is 431 g/mol. The van der Waals surface area contributed by atoms with Crippen LogP contribution in [0, 0.1) is 5.82 Å². The van der Waals surface area contributed by atoms with Gasteiger partial charge in [-0.15, -0.1) is 11.8 Å². The monoisotopic (exact) mass is 430 g/mol. The fourth-order valence-corrected chi connectivity index (χ4v) is 3.84. The summed E-state index contributed by atoms with van der Waals surface area (Å²) in [5.74, 6) is -0.793. The second-order valence-electron chi connectivity index (χ2n) is 5.59. The number of anilines is 2. The van der Waals surface area contributed by atoms with Gasteiger partial charge in [0.05, 0.1) is 5.69 Å². The molecule has 0 fully saturated rings. The predicted octanol–water partition coefficient (Wildman–Crippen LogP) is 5.64. The van der Waals surface area contributed by atoms with Gasteiger partial charge in [-0.3, -0.25) is 4.79 Å². The Morgan fingerprint density at radius 2 is 1.81 bits per heavy atom. The lowest BCUT2D eigenvalue weighted by Crippen LogP contribution is -2.19. The molecule has 0 spiro atoms. The summed E-state index contributed by atoms with van der Waals surface area (Å²) >= 11 is 4.58. The highest BCUT2D eigenvalue weighted by Crippen LogP contribution is 2.37. The van der Waals surface area contributed by atoms with Gasteiger partial charge in [0, 0.05) is 15.1 Å². The Bertz CT molecular complexity index is 921. The standard InChI is InChI=1S/C20H16BrFN2OS/c21-14-9-10-18(17(22)11-14)24-20(25)19(13-5-2-1-3-6-13)26-16-8-4-7-15(23)12-16/h1-12,19H,23H2,(H,24,25). The molecule has 0 bridgehead atoms. The van der Waals surface area contributed by atoms with Crippen LogP contribution in [0.4, 0.5) is 15.8 Å². The minimum atomic E-state index is -0.541. The zero-order valence-electron chi connectivity index (χ0n) is 13.7. The summed E-state index contributed by atoms with van der Waals surface area (Å²) in [6, 6.07) is 21.2. The smallest absolute Gasteiger partial charge is 0.242 e. The first-order valence-electron chi connectivity index (χ1n) is 7.86. The third kappa shape index (κ3) is 4.65. The molecule has 3 aromatic rings. The topological polar surface area (TPSA) is 55.1 Å². The number of hydrogen-bond donors (Lipinski definition) is 2. The molecule has 0 aliphatic heterocycles. The van der Waals surface area contributed by atoms with Gasteiger partial charge in [0.2, 0.25) is 5.91 Å². The van der Waals surface area contributed by atoms with E-state index in [1.807, 2.05) is 48.5 Å². The summed E-state index contributed by atoms with van der Waals surface area (Å²) in [6.07, 6.45) is 0. The van der Waals surface area contributed by atoms with Crippen molar-refractivity contribution < 1.29 is 9.18 Å². The number of nitrogens with one attached hydrogen (secondary N) is 1. The lowest BCUT2D eigenvalue weighted by molar-refractivity contribution is -0.115. The van der Waals surface area contributed by atoms with Crippen LogP contribution in [0.5, 0.6) is 0 Å². The van der Waals surface area contributed by atoms with E-state index in [1.165, 1.54) is 23.9 Å².